The van der Waals surface area contributed by atoms with Crippen LogP contribution in [0.1, 0.15) is 26.0 Å². The van der Waals surface area contributed by atoms with E-state index in [1.165, 1.54) is 0 Å². The van der Waals surface area contributed by atoms with Crippen molar-refractivity contribution < 1.29 is 14.3 Å². The number of ether oxygens (including phenoxy) is 2. The first kappa shape index (κ1) is 23.4. The number of amides is 1. The van der Waals surface area contributed by atoms with Gasteiger partial charge in [-0.25, -0.2) is 4.99 Å². The molecule has 1 heterocycles. The molecule has 0 radical (unpaired) electrons. The van der Waals surface area contributed by atoms with Crippen LogP contribution >= 0.6 is 0 Å². The number of aromatic nitrogens is 1. The van der Waals surface area contributed by atoms with E-state index in [1.807, 2.05) is 12.1 Å². The molecule has 0 spiro atoms. The highest BCUT2D eigenvalue weighted by Crippen LogP contribution is 2.31. The van der Waals surface area contributed by atoms with Crippen LogP contribution < -0.4 is 20.1 Å². The van der Waals surface area contributed by atoms with E-state index in [-0.39, 0.29) is 12.5 Å². The highest BCUT2D eigenvalue weighted by atomic mass is 16.5. The first-order valence-corrected chi connectivity index (χ1v) is 10.3. The molecule has 1 aromatic carbocycles. The monoisotopic (exact) mass is 417 g/mol. The molecule has 2 aromatic rings. The van der Waals surface area contributed by atoms with Gasteiger partial charge in [-0.3, -0.25) is 4.79 Å². The van der Waals surface area contributed by atoms with Crippen molar-refractivity contribution in [3.8, 4) is 11.5 Å². The van der Waals surface area contributed by atoms with Crippen LogP contribution in [0.25, 0.3) is 10.9 Å². The van der Waals surface area contributed by atoms with Gasteiger partial charge < -0.3 is 30.0 Å². The lowest BCUT2D eigenvalue weighted by atomic mass is 10.2. The molecule has 2 rings (SSSR count). The summed E-state index contributed by atoms with van der Waals surface area (Å²) in [4.78, 5) is 21.2. The van der Waals surface area contributed by atoms with Crippen LogP contribution in [0.4, 0.5) is 0 Å². The van der Waals surface area contributed by atoms with Gasteiger partial charge in [-0.1, -0.05) is 13.8 Å². The Kier molecular flexibility index (Phi) is 8.83. The van der Waals surface area contributed by atoms with Crippen molar-refractivity contribution in [2.75, 3.05) is 47.9 Å². The number of aryl methyl sites for hydroxylation is 1. The van der Waals surface area contributed by atoms with E-state index in [0.29, 0.717) is 11.9 Å². The number of likely N-dealkylation sites (N-methyl/N-ethyl adjacent to an activating group) is 1. The zero-order valence-electron chi connectivity index (χ0n) is 19.0. The molecule has 0 bridgehead atoms. The summed E-state index contributed by atoms with van der Waals surface area (Å²) < 4.78 is 10.8. The van der Waals surface area contributed by atoms with Crippen molar-refractivity contribution in [1.29, 1.82) is 0 Å². The van der Waals surface area contributed by atoms with Gasteiger partial charge in [0.15, 0.2) is 5.96 Å². The summed E-state index contributed by atoms with van der Waals surface area (Å²) >= 11 is 0. The quantitative estimate of drug-likeness (QED) is 0.314. The average Bonchev–Trinajstić information content (AvgIpc) is 3.13. The molecule has 166 valence electrons. The number of hydrogen-bond donors (Lipinski definition) is 3. The number of rotatable bonds is 10. The summed E-state index contributed by atoms with van der Waals surface area (Å²) in [5.74, 6) is 2.69. The van der Waals surface area contributed by atoms with Gasteiger partial charge in [0, 0.05) is 50.4 Å². The van der Waals surface area contributed by atoms with Crippen molar-refractivity contribution in [2.24, 2.45) is 10.9 Å². The number of aromatic amines is 1. The number of methoxy groups -OCH3 is 2. The predicted octanol–water partition coefficient (Wildman–Crippen LogP) is 2.40. The first-order chi connectivity index (χ1) is 14.3. The predicted molar refractivity (Wildman–Crippen MR) is 122 cm³/mol. The Morgan fingerprint density at radius 3 is 2.57 bits per heavy atom. The van der Waals surface area contributed by atoms with Gasteiger partial charge in [0.2, 0.25) is 5.91 Å². The molecule has 1 aromatic heterocycles. The first-order valence-electron chi connectivity index (χ1n) is 10.3. The Balaban J connectivity index is 1.94. The molecule has 8 nitrogen and oxygen atoms in total. The van der Waals surface area contributed by atoms with Crippen molar-refractivity contribution in [3.63, 3.8) is 0 Å². The summed E-state index contributed by atoms with van der Waals surface area (Å²) in [6, 6.07) is 5.98. The third kappa shape index (κ3) is 6.86. The zero-order valence-corrected chi connectivity index (χ0v) is 19.0. The minimum Gasteiger partial charge on any atom is -0.497 e. The number of hydrogen-bond acceptors (Lipinski definition) is 4. The van der Waals surface area contributed by atoms with E-state index in [9.17, 15) is 4.79 Å². The lowest BCUT2D eigenvalue weighted by Gasteiger charge is -2.15. The number of guanidine groups is 1. The molecule has 8 heteroatoms. The third-order valence-corrected chi connectivity index (χ3v) is 4.65. The maximum absolute atomic E-state index is 11.8. The lowest BCUT2D eigenvalue weighted by molar-refractivity contribution is -0.127. The van der Waals surface area contributed by atoms with E-state index in [1.54, 1.807) is 33.2 Å². The Hall–Kier alpha value is -2.90. The van der Waals surface area contributed by atoms with Crippen LogP contribution in [0.2, 0.25) is 0 Å². The number of H-pyrrole nitrogens is 1. The largest absolute Gasteiger partial charge is 0.497 e. The van der Waals surface area contributed by atoms with Crippen LogP contribution in [0.5, 0.6) is 11.5 Å². The van der Waals surface area contributed by atoms with Crippen molar-refractivity contribution in [2.45, 2.75) is 26.7 Å². The number of carbonyl (C=O) groups excluding carboxylic acids is 1. The molecule has 0 fully saturated rings. The molecule has 0 aliphatic heterocycles. The van der Waals surface area contributed by atoms with Crippen molar-refractivity contribution in [1.82, 2.24) is 20.5 Å². The van der Waals surface area contributed by atoms with E-state index in [2.05, 4.69) is 40.5 Å². The molecule has 30 heavy (non-hydrogen) atoms. The SMILES string of the molecule is COc1cc(OC)c2cc(CCCNC(=NCC(=O)N(C)C)NCC(C)C)[nH]c2c1. The van der Waals surface area contributed by atoms with E-state index in [4.69, 9.17) is 9.47 Å². The van der Waals surface area contributed by atoms with Gasteiger partial charge in [0.25, 0.3) is 0 Å². The molecule has 0 aliphatic carbocycles. The maximum atomic E-state index is 11.8. The second-order valence-electron chi connectivity index (χ2n) is 7.84. The highest BCUT2D eigenvalue weighted by molar-refractivity contribution is 5.88. The van der Waals surface area contributed by atoms with Crippen molar-refractivity contribution in [3.05, 3.63) is 23.9 Å². The number of nitrogens with one attached hydrogen (secondary N) is 3. The molecule has 0 aliphatic rings. The second-order valence-corrected chi connectivity index (χ2v) is 7.84. The summed E-state index contributed by atoms with van der Waals surface area (Å²) in [7, 11) is 6.78. The smallest absolute Gasteiger partial charge is 0.243 e. The van der Waals surface area contributed by atoms with Crippen LogP contribution in [0.3, 0.4) is 0 Å². The van der Waals surface area contributed by atoms with Crippen molar-refractivity contribution >= 4 is 22.8 Å². The molecule has 0 saturated carbocycles. The second kappa shape index (κ2) is 11.3. The number of carbonyl (C=O) groups is 1. The Labute approximate surface area is 179 Å². The van der Waals surface area contributed by atoms with Crippen LogP contribution in [-0.4, -0.2) is 69.7 Å². The third-order valence-electron chi connectivity index (χ3n) is 4.65. The molecule has 1 amide bonds. The standard InChI is InChI=1S/C22H35N5O3/c1-15(2)13-24-22(25-14-21(28)27(3)4)23-9-7-8-16-10-18-19(26-16)11-17(29-5)12-20(18)30-6/h10-12,15,26H,7-9,13-14H2,1-6H3,(H2,23,24,25). The maximum Gasteiger partial charge on any atom is 0.243 e. The fourth-order valence-corrected chi connectivity index (χ4v) is 2.91. The van der Waals surface area contributed by atoms with Gasteiger partial charge in [-0.15, -0.1) is 0 Å². The van der Waals surface area contributed by atoms with Crippen LogP contribution in [0.15, 0.2) is 23.2 Å². The minimum atomic E-state index is -0.0249. The van der Waals surface area contributed by atoms with Gasteiger partial charge in [0.05, 0.1) is 19.7 Å². The summed E-state index contributed by atoms with van der Waals surface area (Å²) in [5.41, 5.74) is 2.13. The normalized spacial score (nSPS) is 11.6. The summed E-state index contributed by atoms with van der Waals surface area (Å²) in [6.07, 6.45) is 1.79. The summed E-state index contributed by atoms with van der Waals surface area (Å²) in [5, 5.41) is 7.66. The molecule has 0 unspecified atom stereocenters. The van der Waals surface area contributed by atoms with Gasteiger partial charge in [-0.2, -0.15) is 0 Å². The fourth-order valence-electron chi connectivity index (χ4n) is 2.91. The molecule has 0 atom stereocenters. The lowest BCUT2D eigenvalue weighted by Crippen LogP contribution is -2.40. The molecular weight excluding hydrogens is 382 g/mol. The summed E-state index contributed by atoms with van der Waals surface area (Å²) in [6.45, 7) is 5.94. The molecule has 3 N–H and O–H groups in total. The Morgan fingerprint density at radius 2 is 1.93 bits per heavy atom. The fraction of sp³-hybridized carbons (Fsp3) is 0.545. The van der Waals surface area contributed by atoms with Gasteiger partial charge in [0.1, 0.15) is 18.0 Å². The average molecular weight is 418 g/mol. The van der Waals surface area contributed by atoms with Gasteiger partial charge >= 0.3 is 0 Å². The number of aliphatic imine (C=N–C) groups is 1. The molecular formula is C22H35N5O3. The number of nitrogens with zero attached hydrogens (tertiary/aromatic N) is 2. The van der Waals surface area contributed by atoms with E-state index < -0.39 is 0 Å². The molecule has 0 saturated heterocycles. The number of benzene rings is 1. The van der Waals surface area contributed by atoms with Crippen LogP contribution in [-0.2, 0) is 11.2 Å². The highest BCUT2D eigenvalue weighted by Gasteiger charge is 2.09. The topological polar surface area (TPSA) is 91.0 Å². The number of fused-ring (bicyclic) bond motifs is 1. The zero-order chi connectivity index (χ0) is 22.1. The minimum absolute atomic E-state index is 0.0249. The van der Waals surface area contributed by atoms with E-state index >= 15 is 0 Å². The Bertz CT molecular complexity index is 858. The Morgan fingerprint density at radius 1 is 1.17 bits per heavy atom. The van der Waals surface area contributed by atoms with Crippen LogP contribution in [0, 0.1) is 5.92 Å². The van der Waals surface area contributed by atoms with E-state index in [0.717, 1.165) is 54.0 Å². The van der Waals surface area contributed by atoms with Gasteiger partial charge in [-0.05, 0) is 24.8 Å².